The maximum absolute atomic E-state index is 6.15. The third kappa shape index (κ3) is 3.06. The van der Waals surface area contributed by atoms with Gasteiger partial charge in [0.1, 0.15) is 5.82 Å². The zero-order valence-corrected chi connectivity index (χ0v) is 11.3. The lowest BCUT2D eigenvalue weighted by Gasteiger charge is -2.16. The Labute approximate surface area is 116 Å². The van der Waals surface area contributed by atoms with E-state index in [1.807, 2.05) is 25.1 Å². The summed E-state index contributed by atoms with van der Waals surface area (Å²) in [5, 5.41) is 4.51. The summed E-state index contributed by atoms with van der Waals surface area (Å²) < 4.78 is 0. The molecule has 5 heteroatoms. The average Bonchev–Trinajstić information content (AvgIpc) is 2.32. The molecule has 94 valence electrons. The fourth-order valence-corrected chi connectivity index (χ4v) is 2.22. The van der Waals surface area contributed by atoms with E-state index in [0.29, 0.717) is 15.7 Å². The van der Waals surface area contributed by atoms with Crippen molar-refractivity contribution in [3.63, 3.8) is 0 Å². The number of hydrogen-bond acceptors (Lipinski definition) is 3. The van der Waals surface area contributed by atoms with Gasteiger partial charge in [-0.2, -0.15) is 0 Å². The van der Waals surface area contributed by atoms with Crippen molar-refractivity contribution in [3.05, 3.63) is 52.1 Å². The quantitative estimate of drug-likeness (QED) is 0.889. The molecule has 2 rings (SSSR count). The molecule has 1 aromatic carbocycles. The van der Waals surface area contributed by atoms with Crippen LogP contribution >= 0.6 is 23.2 Å². The molecule has 0 aliphatic heterocycles. The molecule has 3 N–H and O–H groups in total. The lowest BCUT2D eigenvalue weighted by molar-refractivity contribution is 0.875. The minimum atomic E-state index is 0.0332. The first-order valence-corrected chi connectivity index (χ1v) is 6.25. The van der Waals surface area contributed by atoms with E-state index in [4.69, 9.17) is 28.9 Å². The summed E-state index contributed by atoms with van der Waals surface area (Å²) in [6.07, 6.45) is 1.61. The van der Waals surface area contributed by atoms with Gasteiger partial charge in [0.2, 0.25) is 0 Å². The van der Waals surface area contributed by atoms with E-state index >= 15 is 0 Å². The van der Waals surface area contributed by atoms with Gasteiger partial charge >= 0.3 is 0 Å². The van der Waals surface area contributed by atoms with Crippen molar-refractivity contribution >= 4 is 34.7 Å². The highest BCUT2D eigenvalue weighted by atomic mass is 35.5. The van der Waals surface area contributed by atoms with Crippen LogP contribution < -0.4 is 11.1 Å². The van der Waals surface area contributed by atoms with Crippen molar-refractivity contribution in [2.75, 3.05) is 11.1 Å². The SMILES string of the molecule is CC(Nc1ccc(N)cn1)c1ccc(Cl)cc1Cl. The fourth-order valence-electron chi connectivity index (χ4n) is 1.64. The number of nitrogen functional groups attached to an aromatic ring is 1. The molecule has 0 spiro atoms. The Bertz CT molecular complexity index is 540. The number of nitrogens with one attached hydrogen (secondary N) is 1. The molecule has 3 nitrogen and oxygen atoms in total. The van der Waals surface area contributed by atoms with Gasteiger partial charge in [-0.25, -0.2) is 4.98 Å². The summed E-state index contributed by atoms with van der Waals surface area (Å²) >= 11 is 12.0. The zero-order valence-electron chi connectivity index (χ0n) is 9.82. The Kier molecular flexibility index (Phi) is 3.94. The number of hydrogen-bond donors (Lipinski definition) is 2. The van der Waals surface area contributed by atoms with Crippen LogP contribution in [0, 0.1) is 0 Å². The predicted octanol–water partition coefficient (Wildman–Crippen LogP) is 4.14. The Morgan fingerprint density at radius 2 is 2.00 bits per heavy atom. The molecule has 0 aliphatic rings. The molecule has 0 aliphatic carbocycles. The van der Waals surface area contributed by atoms with Crippen LogP contribution in [0.4, 0.5) is 11.5 Å². The van der Waals surface area contributed by atoms with Gasteiger partial charge in [-0.3, -0.25) is 0 Å². The number of nitrogens with zero attached hydrogens (tertiary/aromatic N) is 1. The van der Waals surface area contributed by atoms with Crippen LogP contribution in [0.5, 0.6) is 0 Å². The molecule has 1 unspecified atom stereocenters. The van der Waals surface area contributed by atoms with E-state index in [9.17, 15) is 0 Å². The summed E-state index contributed by atoms with van der Waals surface area (Å²) in [6, 6.07) is 9.11. The number of anilines is 2. The van der Waals surface area contributed by atoms with Crippen LogP contribution in [-0.4, -0.2) is 4.98 Å². The maximum Gasteiger partial charge on any atom is 0.126 e. The van der Waals surface area contributed by atoms with Crippen molar-refractivity contribution in [1.82, 2.24) is 4.98 Å². The lowest BCUT2D eigenvalue weighted by atomic mass is 10.1. The van der Waals surface area contributed by atoms with E-state index in [1.165, 1.54) is 0 Å². The van der Waals surface area contributed by atoms with Crippen LogP contribution in [0.15, 0.2) is 36.5 Å². The number of pyridine rings is 1. The Morgan fingerprint density at radius 3 is 2.61 bits per heavy atom. The van der Waals surface area contributed by atoms with E-state index < -0.39 is 0 Å². The van der Waals surface area contributed by atoms with Crippen molar-refractivity contribution < 1.29 is 0 Å². The van der Waals surface area contributed by atoms with Crippen molar-refractivity contribution in [2.24, 2.45) is 0 Å². The van der Waals surface area contributed by atoms with Gasteiger partial charge in [0.05, 0.1) is 17.9 Å². The van der Waals surface area contributed by atoms with Crippen molar-refractivity contribution in [3.8, 4) is 0 Å². The highest BCUT2D eigenvalue weighted by molar-refractivity contribution is 6.35. The second-order valence-corrected chi connectivity index (χ2v) is 4.85. The molecule has 1 atom stereocenters. The van der Waals surface area contributed by atoms with Crippen LogP contribution in [0.2, 0.25) is 10.0 Å². The third-order valence-corrected chi connectivity index (χ3v) is 3.14. The minimum absolute atomic E-state index is 0.0332. The molecule has 0 amide bonds. The molecule has 0 bridgehead atoms. The van der Waals surface area contributed by atoms with E-state index in [0.717, 1.165) is 11.4 Å². The summed E-state index contributed by atoms with van der Waals surface area (Å²) in [7, 11) is 0. The van der Waals surface area contributed by atoms with Gasteiger partial charge in [0.25, 0.3) is 0 Å². The summed E-state index contributed by atoms with van der Waals surface area (Å²) in [6.45, 7) is 2.01. The fraction of sp³-hybridized carbons (Fsp3) is 0.154. The van der Waals surface area contributed by atoms with Gasteiger partial charge in [-0.15, -0.1) is 0 Å². The first-order valence-electron chi connectivity index (χ1n) is 5.49. The van der Waals surface area contributed by atoms with E-state index in [1.54, 1.807) is 18.3 Å². The molecule has 0 fully saturated rings. The van der Waals surface area contributed by atoms with Gasteiger partial charge < -0.3 is 11.1 Å². The average molecular weight is 282 g/mol. The standard InChI is InChI=1S/C13H13Cl2N3/c1-8(11-4-2-9(14)6-12(11)15)18-13-5-3-10(16)7-17-13/h2-8H,16H2,1H3,(H,17,18). The molecule has 2 aromatic rings. The van der Waals surface area contributed by atoms with Crippen LogP contribution in [0.1, 0.15) is 18.5 Å². The van der Waals surface area contributed by atoms with Crippen LogP contribution in [-0.2, 0) is 0 Å². The van der Waals surface area contributed by atoms with Gasteiger partial charge in [-0.05, 0) is 36.8 Å². The molecule has 0 radical (unpaired) electrons. The predicted molar refractivity (Wildman–Crippen MR) is 77.1 cm³/mol. The summed E-state index contributed by atoms with van der Waals surface area (Å²) in [5.74, 6) is 0.753. The molecular weight excluding hydrogens is 269 g/mol. The number of rotatable bonds is 3. The number of aromatic nitrogens is 1. The third-order valence-electron chi connectivity index (χ3n) is 2.58. The van der Waals surface area contributed by atoms with Gasteiger partial charge in [0.15, 0.2) is 0 Å². The molecule has 18 heavy (non-hydrogen) atoms. The van der Waals surface area contributed by atoms with E-state index in [-0.39, 0.29) is 6.04 Å². The van der Waals surface area contributed by atoms with Gasteiger partial charge in [-0.1, -0.05) is 29.3 Å². The molecule has 1 heterocycles. The van der Waals surface area contributed by atoms with E-state index in [2.05, 4.69) is 10.3 Å². The Hall–Kier alpha value is -1.45. The van der Waals surface area contributed by atoms with Crippen LogP contribution in [0.25, 0.3) is 0 Å². The molecule has 0 saturated carbocycles. The smallest absolute Gasteiger partial charge is 0.126 e. The lowest BCUT2D eigenvalue weighted by Crippen LogP contribution is -2.08. The summed E-state index contributed by atoms with van der Waals surface area (Å²) in [5.41, 5.74) is 7.19. The molecular formula is C13H13Cl2N3. The zero-order chi connectivity index (χ0) is 13.1. The number of nitrogens with two attached hydrogens (primary N) is 1. The Morgan fingerprint density at radius 1 is 1.22 bits per heavy atom. The van der Waals surface area contributed by atoms with Crippen molar-refractivity contribution in [1.29, 1.82) is 0 Å². The molecule has 1 aromatic heterocycles. The summed E-state index contributed by atoms with van der Waals surface area (Å²) in [4.78, 5) is 4.19. The largest absolute Gasteiger partial charge is 0.397 e. The Balaban J connectivity index is 2.16. The minimum Gasteiger partial charge on any atom is -0.397 e. The normalized spacial score (nSPS) is 12.2. The molecule has 0 saturated heterocycles. The highest BCUT2D eigenvalue weighted by Gasteiger charge is 2.10. The first-order chi connectivity index (χ1) is 8.56. The van der Waals surface area contributed by atoms with Crippen LogP contribution in [0.3, 0.4) is 0 Å². The topological polar surface area (TPSA) is 50.9 Å². The van der Waals surface area contributed by atoms with Crippen molar-refractivity contribution in [2.45, 2.75) is 13.0 Å². The second kappa shape index (κ2) is 5.46. The number of benzene rings is 1. The number of halogens is 2. The first kappa shape index (κ1) is 13.0. The maximum atomic E-state index is 6.15. The second-order valence-electron chi connectivity index (χ2n) is 4.01. The highest BCUT2D eigenvalue weighted by Crippen LogP contribution is 2.28. The monoisotopic (exact) mass is 281 g/mol. The van der Waals surface area contributed by atoms with Gasteiger partial charge in [0, 0.05) is 10.0 Å².